The Kier molecular flexibility index (Phi) is 5.88. The van der Waals surface area contributed by atoms with Gasteiger partial charge in [0.25, 0.3) is 0 Å². The molecule has 0 radical (unpaired) electrons. The Morgan fingerprint density at radius 3 is 2.53 bits per heavy atom. The Balaban J connectivity index is 2.34. The predicted molar refractivity (Wildman–Crippen MR) is 62.6 cm³/mol. The summed E-state index contributed by atoms with van der Waals surface area (Å²) in [7, 11) is 1.68. The van der Waals surface area contributed by atoms with Crippen LogP contribution in [0.1, 0.15) is 18.9 Å². The van der Waals surface area contributed by atoms with Gasteiger partial charge in [0.15, 0.2) is 0 Å². The molecule has 0 saturated carbocycles. The lowest BCUT2D eigenvalue weighted by molar-refractivity contribution is 0.0500. The molecule has 5 heteroatoms. The van der Waals surface area contributed by atoms with Crippen LogP contribution in [0.4, 0.5) is 4.79 Å². The van der Waals surface area contributed by atoms with Gasteiger partial charge in [-0.2, -0.15) is 5.48 Å². The normalized spacial score (nSPS) is 9.76. The van der Waals surface area contributed by atoms with Gasteiger partial charge in [-0.1, -0.05) is 19.1 Å². The molecule has 0 heterocycles. The topological polar surface area (TPSA) is 56.8 Å². The van der Waals surface area contributed by atoms with Crippen LogP contribution in [-0.4, -0.2) is 19.8 Å². The Morgan fingerprint density at radius 1 is 1.24 bits per heavy atom. The molecule has 0 unspecified atom stereocenters. The van der Waals surface area contributed by atoms with Crippen molar-refractivity contribution in [2.24, 2.45) is 0 Å². The number of nitrogens with one attached hydrogen (secondary N) is 1. The monoisotopic (exact) mass is 239 g/mol. The van der Waals surface area contributed by atoms with Crippen LogP contribution in [0.2, 0.25) is 0 Å². The minimum absolute atomic E-state index is 0.197. The summed E-state index contributed by atoms with van der Waals surface area (Å²) in [6.45, 7) is 2.50. The first-order chi connectivity index (χ1) is 8.26. The van der Waals surface area contributed by atoms with Crippen molar-refractivity contribution >= 4 is 6.16 Å². The van der Waals surface area contributed by atoms with Crippen LogP contribution in [-0.2, 0) is 16.1 Å². The van der Waals surface area contributed by atoms with Crippen molar-refractivity contribution in [3.8, 4) is 5.75 Å². The fourth-order valence-corrected chi connectivity index (χ4v) is 1.14. The second-order valence-corrected chi connectivity index (χ2v) is 3.34. The Labute approximate surface area is 101 Å². The second kappa shape index (κ2) is 7.51. The van der Waals surface area contributed by atoms with Gasteiger partial charge >= 0.3 is 6.16 Å². The molecule has 94 valence electrons. The smallest absolute Gasteiger partial charge is 0.434 e. The lowest BCUT2D eigenvalue weighted by atomic mass is 10.2. The number of hydrogen-bond acceptors (Lipinski definition) is 5. The first-order valence-electron chi connectivity index (χ1n) is 5.48. The van der Waals surface area contributed by atoms with Gasteiger partial charge in [0.05, 0.1) is 6.61 Å². The average Bonchev–Trinajstić information content (AvgIpc) is 2.36. The second-order valence-electron chi connectivity index (χ2n) is 3.34. The summed E-state index contributed by atoms with van der Waals surface area (Å²) in [5.74, 6) is 0.699. The number of rotatable bonds is 6. The zero-order valence-corrected chi connectivity index (χ0v) is 10.1. The van der Waals surface area contributed by atoms with Gasteiger partial charge in [-0.25, -0.2) is 4.79 Å². The minimum atomic E-state index is -0.637. The van der Waals surface area contributed by atoms with E-state index in [1.54, 1.807) is 19.2 Å². The molecule has 0 amide bonds. The molecule has 1 aromatic carbocycles. The van der Waals surface area contributed by atoms with Gasteiger partial charge in [-0.3, -0.25) is 0 Å². The number of hydrogen-bond donors (Lipinski definition) is 1. The Hall–Kier alpha value is -1.75. The highest BCUT2D eigenvalue weighted by Gasteiger charge is 2.03. The van der Waals surface area contributed by atoms with Crippen molar-refractivity contribution in [2.75, 3.05) is 13.7 Å². The third kappa shape index (κ3) is 5.21. The zero-order valence-electron chi connectivity index (χ0n) is 10.1. The van der Waals surface area contributed by atoms with Gasteiger partial charge in [0, 0.05) is 7.05 Å². The molecule has 1 N–H and O–H groups in total. The molecule has 0 aliphatic rings. The SMILES string of the molecule is CCCOC(=O)OCc1ccc(ONC)cc1. The van der Waals surface area contributed by atoms with Gasteiger partial charge in [-0.05, 0) is 24.1 Å². The van der Waals surface area contributed by atoms with Crippen molar-refractivity contribution in [1.82, 2.24) is 5.48 Å². The van der Waals surface area contributed by atoms with Crippen LogP contribution in [0.25, 0.3) is 0 Å². The van der Waals surface area contributed by atoms with Gasteiger partial charge in [-0.15, -0.1) is 0 Å². The van der Waals surface area contributed by atoms with Crippen LogP contribution in [0.5, 0.6) is 5.75 Å². The molecule has 0 aromatic heterocycles. The Morgan fingerprint density at radius 2 is 1.94 bits per heavy atom. The largest absolute Gasteiger partial charge is 0.508 e. The van der Waals surface area contributed by atoms with Crippen molar-refractivity contribution in [3.05, 3.63) is 29.8 Å². The van der Waals surface area contributed by atoms with E-state index in [2.05, 4.69) is 5.48 Å². The van der Waals surface area contributed by atoms with Gasteiger partial charge < -0.3 is 14.3 Å². The van der Waals surface area contributed by atoms with E-state index in [0.29, 0.717) is 12.4 Å². The number of benzene rings is 1. The van der Waals surface area contributed by atoms with Crippen LogP contribution < -0.4 is 10.3 Å². The molecule has 0 aliphatic carbocycles. The van der Waals surface area contributed by atoms with E-state index in [4.69, 9.17) is 14.3 Å². The fraction of sp³-hybridized carbons (Fsp3) is 0.417. The molecule has 17 heavy (non-hydrogen) atoms. The maximum atomic E-state index is 11.1. The van der Waals surface area contributed by atoms with Crippen LogP contribution in [0.3, 0.4) is 0 Å². The summed E-state index contributed by atoms with van der Waals surface area (Å²) < 4.78 is 9.69. The molecule has 1 rings (SSSR count). The quantitative estimate of drug-likeness (QED) is 0.609. The van der Waals surface area contributed by atoms with Gasteiger partial charge in [0.1, 0.15) is 12.4 Å². The first-order valence-corrected chi connectivity index (χ1v) is 5.48. The molecule has 0 bridgehead atoms. The minimum Gasteiger partial charge on any atom is -0.434 e. The number of ether oxygens (including phenoxy) is 2. The molecule has 1 aromatic rings. The molecule has 0 saturated heterocycles. The van der Waals surface area contributed by atoms with E-state index in [1.807, 2.05) is 19.1 Å². The lowest BCUT2D eigenvalue weighted by Crippen LogP contribution is -2.11. The standard InChI is InChI=1S/C12H17NO4/c1-3-8-15-12(14)16-9-10-4-6-11(7-5-10)17-13-2/h4-7,13H,3,8-9H2,1-2H3. The summed E-state index contributed by atoms with van der Waals surface area (Å²) in [6, 6.07) is 7.21. The van der Waals surface area contributed by atoms with E-state index < -0.39 is 6.16 Å². The first kappa shape index (κ1) is 13.3. The predicted octanol–water partition coefficient (Wildman–Crippen LogP) is 2.26. The molecule has 5 nitrogen and oxygen atoms in total. The van der Waals surface area contributed by atoms with Crippen LogP contribution >= 0.6 is 0 Å². The number of carbonyl (C=O) groups is 1. The zero-order chi connectivity index (χ0) is 12.5. The summed E-state index contributed by atoms with van der Waals surface area (Å²) in [5, 5.41) is 0. The average molecular weight is 239 g/mol. The van der Waals surface area contributed by atoms with Crippen LogP contribution in [0, 0.1) is 0 Å². The summed E-state index contributed by atoms with van der Waals surface area (Å²) in [4.78, 5) is 16.1. The van der Waals surface area contributed by atoms with E-state index in [0.717, 1.165) is 12.0 Å². The third-order valence-corrected chi connectivity index (χ3v) is 1.92. The summed E-state index contributed by atoms with van der Waals surface area (Å²) >= 11 is 0. The van der Waals surface area contributed by atoms with Crippen molar-refractivity contribution < 1.29 is 19.1 Å². The summed E-state index contributed by atoms with van der Waals surface area (Å²) in [6.07, 6.45) is 0.146. The number of hydroxylamine groups is 1. The molecular formula is C12H17NO4. The van der Waals surface area contributed by atoms with Crippen molar-refractivity contribution in [3.63, 3.8) is 0 Å². The molecule has 0 spiro atoms. The molecule has 0 aliphatic heterocycles. The lowest BCUT2D eigenvalue weighted by Gasteiger charge is -2.06. The van der Waals surface area contributed by atoms with E-state index in [9.17, 15) is 4.79 Å². The number of carbonyl (C=O) groups excluding carboxylic acids is 1. The maximum Gasteiger partial charge on any atom is 0.508 e. The fourth-order valence-electron chi connectivity index (χ4n) is 1.14. The van der Waals surface area contributed by atoms with E-state index in [1.165, 1.54) is 0 Å². The molecular weight excluding hydrogens is 222 g/mol. The summed E-state index contributed by atoms with van der Waals surface area (Å²) in [5.41, 5.74) is 3.45. The maximum absolute atomic E-state index is 11.1. The third-order valence-electron chi connectivity index (χ3n) is 1.92. The highest BCUT2D eigenvalue weighted by Crippen LogP contribution is 2.11. The van der Waals surface area contributed by atoms with Crippen molar-refractivity contribution in [2.45, 2.75) is 20.0 Å². The highest BCUT2D eigenvalue weighted by atomic mass is 16.7. The van der Waals surface area contributed by atoms with Crippen molar-refractivity contribution in [1.29, 1.82) is 0 Å². The van der Waals surface area contributed by atoms with Gasteiger partial charge in [0.2, 0.25) is 0 Å². The molecule has 0 fully saturated rings. The Bertz CT molecular complexity index is 337. The van der Waals surface area contributed by atoms with Crippen LogP contribution in [0.15, 0.2) is 24.3 Å². The van der Waals surface area contributed by atoms with E-state index >= 15 is 0 Å². The highest BCUT2D eigenvalue weighted by molar-refractivity contribution is 5.59. The molecule has 0 atom stereocenters. The van der Waals surface area contributed by atoms with E-state index in [-0.39, 0.29) is 6.61 Å².